The van der Waals surface area contributed by atoms with E-state index in [-0.39, 0.29) is 12.2 Å². The van der Waals surface area contributed by atoms with Gasteiger partial charge in [-0.2, -0.15) is 0 Å². The van der Waals surface area contributed by atoms with Gasteiger partial charge in [-0.3, -0.25) is 14.9 Å². The van der Waals surface area contributed by atoms with Gasteiger partial charge in [0, 0.05) is 10.6 Å². The lowest BCUT2D eigenvalue weighted by Crippen LogP contribution is -2.54. The van der Waals surface area contributed by atoms with Gasteiger partial charge >= 0.3 is 6.03 Å². The van der Waals surface area contributed by atoms with Gasteiger partial charge in [-0.1, -0.05) is 35.9 Å². The summed E-state index contributed by atoms with van der Waals surface area (Å²) in [4.78, 5) is 39.5. The first kappa shape index (κ1) is 26.4. The first-order valence-electron chi connectivity index (χ1n) is 11.5. The Hall–Kier alpha value is -3.62. The molecule has 0 aromatic heterocycles. The van der Waals surface area contributed by atoms with Crippen LogP contribution in [0.2, 0.25) is 5.02 Å². The van der Waals surface area contributed by atoms with Gasteiger partial charge in [0.2, 0.25) is 0 Å². The summed E-state index contributed by atoms with van der Waals surface area (Å²) in [6, 6.07) is 15.2. The lowest BCUT2D eigenvalue weighted by Gasteiger charge is -2.27. The smallest absolute Gasteiger partial charge is 0.335 e. The molecule has 7 nitrogen and oxygen atoms in total. The normalized spacial score (nSPS) is 14.7. The van der Waals surface area contributed by atoms with Crippen molar-refractivity contribution in [2.75, 3.05) is 11.5 Å². The van der Waals surface area contributed by atoms with Crippen LogP contribution in [0.5, 0.6) is 11.5 Å². The van der Waals surface area contributed by atoms with Crippen LogP contribution in [0.3, 0.4) is 0 Å². The fourth-order valence-corrected chi connectivity index (χ4v) is 4.53. The minimum absolute atomic E-state index is 0.183. The Kier molecular flexibility index (Phi) is 8.00. The van der Waals surface area contributed by atoms with E-state index in [0.29, 0.717) is 38.9 Å². The fraction of sp³-hybridized carbons (Fsp3) is 0.179. The van der Waals surface area contributed by atoms with Crippen molar-refractivity contribution in [3.05, 3.63) is 91.9 Å². The van der Waals surface area contributed by atoms with Crippen LogP contribution < -0.4 is 19.7 Å². The molecule has 3 aromatic carbocycles. The van der Waals surface area contributed by atoms with E-state index in [9.17, 15) is 14.4 Å². The van der Waals surface area contributed by atoms with E-state index in [1.165, 1.54) is 6.08 Å². The van der Waals surface area contributed by atoms with Crippen molar-refractivity contribution in [2.45, 2.75) is 27.4 Å². The Bertz CT molecular complexity index is 1440. The zero-order valence-electron chi connectivity index (χ0n) is 20.4. The van der Waals surface area contributed by atoms with E-state index in [0.717, 1.165) is 21.6 Å². The van der Waals surface area contributed by atoms with Crippen molar-refractivity contribution in [1.29, 1.82) is 0 Å². The summed E-state index contributed by atoms with van der Waals surface area (Å²) in [7, 11) is 0. The molecule has 0 unspecified atom stereocenters. The topological polar surface area (TPSA) is 84.9 Å². The number of aryl methyl sites for hydroxylation is 2. The third kappa shape index (κ3) is 5.70. The molecule has 1 aliphatic rings. The van der Waals surface area contributed by atoms with Crippen molar-refractivity contribution in [3.8, 4) is 11.5 Å². The van der Waals surface area contributed by atoms with Gasteiger partial charge in [-0.25, -0.2) is 9.69 Å². The minimum Gasteiger partial charge on any atom is -0.490 e. The third-order valence-electron chi connectivity index (χ3n) is 5.82. The number of anilines is 1. The number of urea groups is 1. The van der Waals surface area contributed by atoms with Gasteiger partial charge in [-0.05, 0) is 89.8 Å². The molecule has 0 bridgehead atoms. The zero-order chi connectivity index (χ0) is 26.7. The molecular weight excluding hydrogens is 560 g/mol. The van der Waals surface area contributed by atoms with E-state index in [4.69, 9.17) is 21.1 Å². The maximum atomic E-state index is 13.3. The average Bonchev–Trinajstić information content (AvgIpc) is 2.84. The predicted octanol–water partition coefficient (Wildman–Crippen LogP) is 6.36. The Morgan fingerprint density at radius 3 is 2.46 bits per heavy atom. The highest BCUT2D eigenvalue weighted by Crippen LogP contribution is 2.38. The van der Waals surface area contributed by atoms with Crippen LogP contribution in [-0.4, -0.2) is 24.5 Å². The van der Waals surface area contributed by atoms with E-state index in [1.54, 1.807) is 30.3 Å². The maximum absolute atomic E-state index is 13.3. The first-order chi connectivity index (χ1) is 17.7. The molecule has 0 aliphatic carbocycles. The molecule has 1 heterocycles. The number of nitrogens with zero attached hydrogens (tertiary/aromatic N) is 1. The Labute approximate surface area is 228 Å². The van der Waals surface area contributed by atoms with Crippen LogP contribution in [0.15, 0.2) is 64.6 Å². The zero-order valence-corrected chi connectivity index (χ0v) is 22.8. The number of carbonyl (C=O) groups excluding carboxylic acids is 3. The number of amides is 4. The molecule has 190 valence electrons. The SMILES string of the molecule is CCOc1cc(/C=C2\C(=O)NC(=O)N(c3ccc(C)c(C)c3)C2=O)cc(Br)c1OCc1ccccc1Cl. The molecule has 0 spiro atoms. The van der Waals surface area contributed by atoms with Gasteiger partial charge in [0.1, 0.15) is 12.2 Å². The van der Waals surface area contributed by atoms with E-state index >= 15 is 0 Å². The molecule has 0 radical (unpaired) electrons. The number of hydrogen-bond donors (Lipinski definition) is 1. The summed E-state index contributed by atoms with van der Waals surface area (Å²) in [6.45, 7) is 6.23. The molecule has 1 fully saturated rings. The number of nitrogens with one attached hydrogen (secondary N) is 1. The number of barbiturate groups is 1. The Morgan fingerprint density at radius 1 is 1.00 bits per heavy atom. The highest BCUT2D eigenvalue weighted by atomic mass is 79.9. The van der Waals surface area contributed by atoms with Crippen LogP contribution >= 0.6 is 27.5 Å². The number of benzene rings is 3. The van der Waals surface area contributed by atoms with Crippen LogP contribution in [0, 0.1) is 13.8 Å². The second kappa shape index (κ2) is 11.2. The lowest BCUT2D eigenvalue weighted by atomic mass is 10.0. The highest BCUT2D eigenvalue weighted by molar-refractivity contribution is 9.10. The second-order valence-electron chi connectivity index (χ2n) is 8.37. The molecule has 3 aromatic rings. The quantitative estimate of drug-likeness (QED) is 0.258. The molecule has 37 heavy (non-hydrogen) atoms. The number of rotatable bonds is 7. The van der Waals surface area contributed by atoms with Crippen molar-refractivity contribution in [1.82, 2.24) is 5.32 Å². The van der Waals surface area contributed by atoms with Crippen LogP contribution in [0.1, 0.15) is 29.2 Å². The molecule has 0 atom stereocenters. The number of ether oxygens (including phenoxy) is 2. The maximum Gasteiger partial charge on any atom is 0.335 e. The van der Waals surface area contributed by atoms with Gasteiger partial charge < -0.3 is 9.47 Å². The molecule has 4 rings (SSSR count). The fourth-order valence-electron chi connectivity index (χ4n) is 3.76. The molecule has 1 aliphatic heterocycles. The van der Waals surface area contributed by atoms with Crippen molar-refractivity contribution < 1.29 is 23.9 Å². The summed E-state index contributed by atoms with van der Waals surface area (Å²) in [5.41, 5.74) is 3.45. The largest absolute Gasteiger partial charge is 0.490 e. The number of imide groups is 2. The Morgan fingerprint density at radius 2 is 1.76 bits per heavy atom. The van der Waals surface area contributed by atoms with Crippen LogP contribution in [0.25, 0.3) is 6.08 Å². The molecule has 1 saturated heterocycles. The van der Waals surface area contributed by atoms with Crippen molar-refractivity contribution in [2.24, 2.45) is 0 Å². The Balaban J connectivity index is 1.67. The highest BCUT2D eigenvalue weighted by Gasteiger charge is 2.37. The van der Waals surface area contributed by atoms with E-state index in [2.05, 4.69) is 21.2 Å². The van der Waals surface area contributed by atoms with Gasteiger partial charge in [0.25, 0.3) is 11.8 Å². The molecule has 1 N–H and O–H groups in total. The molecule has 9 heteroatoms. The second-order valence-corrected chi connectivity index (χ2v) is 9.63. The first-order valence-corrected chi connectivity index (χ1v) is 12.7. The van der Waals surface area contributed by atoms with Crippen LogP contribution in [-0.2, 0) is 16.2 Å². The summed E-state index contributed by atoms with van der Waals surface area (Å²) in [6.07, 6.45) is 1.42. The molecule has 4 amide bonds. The van der Waals surface area contributed by atoms with Crippen molar-refractivity contribution in [3.63, 3.8) is 0 Å². The monoisotopic (exact) mass is 582 g/mol. The average molecular weight is 584 g/mol. The van der Waals surface area contributed by atoms with Gasteiger partial charge in [0.15, 0.2) is 11.5 Å². The number of hydrogen-bond acceptors (Lipinski definition) is 5. The summed E-state index contributed by atoms with van der Waals surface area (Å²) in [5.74, 6) is -0.620. The van der Waals surface area contributed by atoms with Gasteiger partial charge in [-0.15, -0.1) is 0 Å². The number of carbonyl (C=O) groups is 3. The standard InChI is InChI=1S/C28H24BrClN2O5/c1-4-36-24-14-18(13-22(29)25(24)37-15-19-7-5-6-8-23(19)30)12-21-26(33)31-28(35)32(27(21)34)20-10-9-16(2)17(3)11-20/h5-14H,4,15H2,1-3H3,(H,31,33,35)/b21-12+. The summed E-state index contributed by atoms with van der Waals surface area (Å²) >= 11 is 9.76. The summed E-state index contributed by atoms with van der Waals surface area (Å²) in [5, 5.41) is 2.84. The minimum atomic E-state index is -0.796. The lowest BCUT2D eigenvalue weighted by molar-refractivity contribution is -0.122. The predicted molar refractivity (Wildman–Crippen MR) is 146 cm³/mol. The van der Waals surface area contributed by atoms with Crippen molar-refractivity contribution >= 4 is 57.1 Å². The van der Waals surface area contributed by atoms with Gasteiger partial charge in [0.05, 0.1) is 16.8 Å². The van der Waals surface area contributed by atoms with E-state index in [1.807, 2.05) is 45.0 Å². The third-order valence-corrected chi connectivity index (χ3v) is 6.78. The molecular formula is C28H24BrClN2O5. The summed E-state index contributed by atoms with van der Waals surface area (Å²) < 4.78 is 12.4. The van der Waals surface area contributed by atoms with E-state index < -0.39 is 17.8 Å². The number of halogens is 2. The molecule has 0 saturated carbocycles. The van der Waals surface area contributed by atoms with Crippen LogP contribution in [0.4, 0.5) is 10.5 Å².